The van der Waals surface area contributed by atoms with E-state index in [9.17, 15) is 19.7 Å². The van der Waals surface area contributed by atoms with Crippen LogP contribution in [0.5, 0.6) is 0 Å². The zero-order valence-electron chi connectivity index (χ0n) is 19.8. The topological polar surface area (TPSA) is 117 Å². The van der Waals surface area contributed by atoms with Crippen molar-refractivity contribution in [2.75, 3.05) is 0 Å². The first-order valence-corrected chi connectivity index (χ1v) is 13.2. The summed E-state index contributed by atoms with van der Waals surface area (Å²) in [6.45, 7) is 0. The first-order valence-electron chi connectivity index (χ1n) is 12.2. The van der Waals surface area contributed by atoms with E-state index >= 15 is 0 Å². The van der Waals surface area contributed by atoms with Crippen LogP contribution in [0.1, 0.15) is 56.1 Å². The van der Waals surface area contributed by atoms with Crippen LogP contribution in [-0.2, 0) is 15.3 Å². The zero-order valence-corrected chi connectivity index (χ0v) is 20.6. The molecule has 2 amide bonds. The number of carbonyl (C=O) groups is 2. The van der Waals surface area contributed by atoms with Gasteiger partial charge in [0.05, 0.1) is 10.6 Å². The van der Waals surface area contributed by atoms with E-state index in [4.69, 9.17) is 4.99 Å². The molecule has 186 valence electrons. The quantitative estimate of drug-likeness (QED) is 0.430. The van der Waals surface area contributed by atoms with Gasteiger partial charge in [0.25, 0.3) is 11.6 Å². The molecule has 3 aliphatic rings. The monoisotopic (exact) mass is 505 g/mol. The third kappa shape index (κ3) is 5.18. The number of benzene rings is 2. The molecule has 2 aliphatic heterocycles. The van der Waals surface area contributed by atoms with Gasteiger partial charge in [0.2, 0.25) is 5.91 Å². The van der Waals surface area contributed by atoms with E-state index in [2.05, 4.69) is 10.3 Å². The summed E-state index contributed by atoms with van der Waals surface area (Å²) in [5.41, 5.74) is 2.31. The Balaban J connectivity index is 1.33. The van der Waals surface area contributed by atoms with Crippen LogP contribution >= 0.6 is 11.8 Å². The number of rotatable bonds is 7. The molecule has 1 aliphatic carbocycles. The molecule has 2 aromatic carbocycles. The van der Waals surface area contributed by atoms with Crippen LogP contribution in [0.25, 0.3) is 0 Å². The standard InChI is InChI=1S/C26H27N5O4S/c32-23(27-18-8-2-1-3-9-18)14-13-22-25(33)29-24-20-11-4-5-12-21(20)28-26(30(22)24)36-16-17-7-6-10-19(15-17)31(34)35/h4-7,10-12,15,18,22H,1-3,8-9,13-14,16H2,(H,27,32). The lowest BCUT2D eigenvalue weighted by Gasteiger charge is -2.31. The second-order valence-electron chi connectivity index (χ2n) is 9.23. The number of aliphatic imine (C=N–C) groups is 2. The van der Waals surface area contributed by atoms with Crippen molar-refractivity contribution in [2.24, 2.45) is 9.98 Å². The van der Waals surface area contributed by atoms with Crippen LogP contribution in [0.2, 0.25) is 0 Å². The Morgan fingerprint density at radius 1 is 1.11 bits per heavy atom. The van der Waals surface area contributed by atoms with Crippen molar-refractivity contribution in [3.63, 3.8) is 0 Å². The van der Waals surface area contributed by atoms with Gasteiger partial charge in [-0.15, -0.1) is 0 Å². The first-order chi connectivity index (χ1) is 17.5. The van der Waals surface area contributed by atoms with Gasteiger partial charge in [-0.2, -0.15) is 4.99 Å². The molecular weight excluding hydrogens is 478 g/mol. The Morgan fingerprint density at radius 3 is 2.72 bits per heavy atom. The molecular formula is C26H27N5O4S. The molecule has 0 bridgehead atoms. The predicted molar refractivity (Wildman–Crippen MR) is 139 cm³/mol. The third-order valence-corrected chi connectivity index (χ3v) is 7.74. The van der Waals surface area contributed by atoms with Crippen molar-refractivity contribution < 1.29 is 14.5 Å². The lowest BCUT2D eigenvalue weighted by molar-refractivity contribution is -0.384. The molecule has 0 saturated heterocycles. The number of carbonyl (C=O) groups excluding carboxylic acids is 2. The molecule has 0 spiro atoms. The molecule has 10 heteroatoms. The lowest BCUT2D eigenvalue weighted by atomic mass is 9.95. The van der Waals surface area contributed by atoms with Gasteiger partial charge in [-0.05, 0) is 37.0 Å². The maximum absolute atomic E-state index is 13.0. The predicted octanol–water partition coefficient (Wildman–Crippen LogP) is 4.72. The van der Waals surface area contributed by atoms with E-state index in [1.54, 1.807) is 12.1 Å². The highest BCUT2D eigenvalue weighted by atomic mass is 32.2. The van der Waals surface area contributed by atoms with Crippen LogP contribution in [0, 0.1) is 10.1 Å². The van der Waals surface area contributed by atoms with Crippen molar-refractivity contribution in [1.82, 2.24) is 10.2 Å². The Labute approximate surface area is 213 Å². The average molecular weight is 506 g/mol. The molecule has 9 nitrogen and oxygen atoms in total. The van der Waals surface area contributed by atoms with Crippen molar-refractivity contribution >= 4 is 46.0 Å². The number of nitro benzene ring substituents is 1. The van der Waals surface area contributed by atoms with Gasteiger partial charge >= 0.3 is 0 Å². The Hall–Kier alpha value is -3.53. The van der Waals surface area contributed by atoms with Crippen LogP contribution in [0.15, 0.2) is 58.5 Å². The van der Waals surface area contributed by atoms with Gasteiger partial charge in [0.1, 0.15) is 11.9 Å². The van der Waals surface area contributed by atoms with Crippen molar-refractivity contribution in [1.29, 1.82) is 0 Å². The van der Waals surface area contributed by atoms with Gasteiger partial charge < -0.3 is 5.32 Å². The van der Waals surface area contributed by atoms with Crippen LogP contribution in [-0.4, -0.2) is 44.7 Å². The van der Waals surface area contributed by atoms with E-state index in [1.807, 2.05) is 35.2 Å². The molecule has 1 N–H and O–H groups in total. The molecule has 1 fully saturated rings. The van der Waals surface area contributed by atoms with Crippen LogP contribution in [0.4, 0.5) is 11.4 Å². The van der Waals surface area contributed by atoms with Gasteiger partial charge in [-0.25, -0.2) is 4.99 Å². The maximum atomic E-state index is 13.0. The summed E-state index contributed by atoms with van der Waals surface area (Å²) in [6, 6.07) is 13.6. The minimum absolute atomic E-state index is 0.0319. The number of nitrogens with zero attached hydrogens (tertiary/aromatic N) is 4. The number of thioether (sulfide) groups is 1. The summed E-state index contributed by atoms with van der Waals surface area (Å²) in [7, 11) is 0. The number of hydrogen-bond donors (Lipinski definition) is 1. The number of hydrogen-bond acceptors (Lipinski definition) is 7. The van der Waals surface area contributed by atoms with Gasteiger partial charge in [-0.1, -0.05) is 55.3 Å². The summed E-state index contributed by atoms with van der Waals surface area (Å²) in [5, 5.41) is 14.9. The van der Waals surface area contributed by atoms with E-state index in [1.165, 1.54) is 24.2 Å². The summed E-state index contributed by atoms with van der Waals surface area (Å²) in [6.07, 6.45) is 6.08. The highest BCUT2D eigenvalue weighted by molar-refractivity contribution is 8.13. The third-order valence-electron chi connectivity index (χ3n) is 6.71. The first kappa shape index (κ1) is 24.2. The molecule has 2 heterocycles. The van der Waals surface area contributed by atoms with E-state index in [0.717, 1.165) is 42.5 Å². The summed E-state index contributed by atoms with van der Waals surface area (Å²) >= 11 is 1.40. The van der Waals surface area contributed by atoms with Gasteiger partial charge in [0.15, 0.2) is 5.17 Å². The zero-order chi connectivity index (χ0) is 25.1. The van der Waals surface area contributed by atoms with E-state index in [-0.39, 0.29) is 30.0 Å². The normalized spacial score (nSPS) is 19.3. The fraction of sp³-hybridized carbons (Fsp3) is 0.385. The Kier molecular flexibility index (Phi) is 7.13. The number of para-hydroxylation sites is 1. The van der Waals surface area contributed by atoms with Crippen molar-refractivity contribution in [3.05, 3.63) is 69.8 Å². The van der Waals surface area contributed by atoms with Crippen molar-refractivity contribution in [2.45, 2.75) is 62.8 Å². The Bertz CT molecular complexity index is 1250. The highest BCUT2D eigenvalue weighted by Crippen LogP contribution is 2.36. The SMILES string of the molecule is O=C(CCC1C(=O)N=C2c3ccccc3N=C(SCc3cccc([N+](=O)[O-])c3)N21)NC1CCCCC1. The minimum atomic E-state index is -0.609. The smallest absolute Gasteiger partial charge is 0.270 e. The maximum Gasteiger partial charge on any atom is 0.270 e. The second-order valence-corrected chi connectivity index (χ2v) is 10.2. The largest absolute Gasteiger partial charge is 0.353 e. The minimum Gasteiger partial charge on any atom is -0.353 e. The number of fused-ring (bicyclic) bond motifs is 3. The fourth-order valence-corrected chi connectivity index (χ4v) is 5.89. The average Bonchev–Trinajstić information content (AvgIpc) is 3.23. The molecule has 1 unspecified atom stereocenters. The number of amidine groups is 2. The molecule has 5 rings (SSSR count). The number of nitrogens with one attached hydrogen (secondary N) is 1. The van der Waals surface area contributed by atoms with Gasteiger partial charge in [0, 0.05) is 35.9 Å². The summed E-state index contributed by atoms with van der Waals surface area (Å²) in [5.74, 6) is 0.666. The summed E-state index contributed by atoms with van der Waals surface area (Å²) in [4.78, 5) is 47.4. The Morgan fingerprint density at radius 2 is 1.92 bits per heavy atom. The molecule has 1 atom stereocenters. The van der Waals surface area contributed by atoms with E-state index < -0.39 is 11.0 Å². The van der Waals surface area contributed by atoms with Gasteiger partial charge in [-0.3, -0.25) is 24.6 Å². The number of nitro groups is 1. The molecule has 0 radical (unpaired) electrons. The van der Waals surface area contributed by atoms with Crippen molar-refractivity contribution in [3.8, 4) is 0 Å². The van der Waals surface area contributed by atoms with Crippen LogP contribution in [0.3, 0.4) is 0 Å². The molecule has 0 aromatic heterocycles. The lowest BCUT2D eigenvalue weighted by Crippen LogP contribution is -2.44. The molecule has 2 aromatic rings. The second kappa shape index (κ2) is 10.6. The van der Waals surface area contributed by atoms with E-state index in [0.29, 0.717) is 23.2 Å². The molecule has 36 heavy (non-hydrogen) atoms. The fourth-order valence-electron chi connectivity index (χ4n) is 4.90. The highest BCUT2D eigenvalue weighted by Gasteiger charge is 2.41. The number of amides is 2. The molecule has 1 saturated carbocycles. The summed E-state index contributed by atoms with van der Waals surface area (Å²) < 4.78 is 0. The van der Waals surface area contributed by atoms with Crippen LogP contribution < -0.4 is 5.32 Å². The number of non-ortho nitro benzene ring substituents is 1.